The Balaban J connectivity index is 2.98. The van der Waals surface area contributed by atoms with Crippen molar-refractivity contribution in [2.45, 2.75) is 31.8 Å². The molecule has 1 saturated heterocycles. The minimum atomic E-state index is -4.45. The zero-order valence-electron chi connectivity index (χ0n) is 13.0. The van der Waals surface area contributed by atoms with E-state index in [4.69, 9.17) is 10.5 Å². The number of piperidine rings is 1. The molecule has 1 aliphatic heterocycles. The van der Waals surface area contributed by atoms with Crippen LogP contribution in [-0.2, 0) is 4.74 Å². The first kappa shape index (κ1) is 19.8. The number of hydrogen-bond acceptors (Lipinski definition) is 3. The van der Waals surface area contributed by atoms with Crippen LogP contribution in [0.15, 0.2) is 36.0 Å². The average Bonchev–Trinajstić information content (AvgIpc) is 2.43. The zero-order valence-corrected chi connectivity index (χ0v) is 13.0. The second kappa shape index (κ2) is 8.03. The summed E-state index contributed by atoms with van der Waals surface area (Å²) in [6.07, 6.45) is -3.00. The summed E-state index contributed by atoms with van der Waals surface area (Å²) in [4.78, 5) is 0.977. The van der Waals surface area contributed by atoms with E-state index in [1.807, 2.05) is 0 Å². The van der Waals surface area contributed by atoms with Crippen LogP contribution in [0.4, 0.5) is 22.0 Å². The highest BCUT2D eigenvalue weighted by Gasteiger charge is 2.41. The molecule has 3 atom stereocenters. The summed E-state index contributed by atoms with van der Waals surface area (Å²) < 4.78 is 70.5. The topological polar surface area (TPSA) is 38.5 Å². The highest BCUT2D eigenvalue weighted by molar-refractivity contribution is 5.32. The summed E-state index contributed by atoms with van der Waals surface area (Å²) in [7, 11) is 1.26. The maximum absolute atomic E-state index is 14.0. The number of likely N-dealkylation sites (tertiary alicyclic amines) is 1. The molecule has 132 valence electrons. The molecule has 8 heteroatoms. The Morgan fingerprint density at radius 3 is 2.48 bits per heavy atom. The number of hydrogen-bond donors (Lipinski definition) is 1. The number of halogens is 5. The largest absolute Gasteiger partial charge is 0.401 e. The zero-order chi connectivity index (χ0) is 17.8. The van der Waals surface area contributed by atoms with Gasteiger partial charge in [-0.15, -0.1) is 0 Å². The Morgan fingerprint density at radius 1 is 1.39 bits per heavy atom. The molecule has 1 aliphatic rings. The molecule has 0 spiro atoms. The van der Waals surface area contributed by atoms with Gasteiger partial charge in [0.05, 0.1) is 6.54 Å². The van der Waals surface area contributed by atoms with Gasteiger partial charge in [0.15, 0.2) is 11.7 Å². The normalized spacial score (nSPS) is 28.1. The Morgan fingerprint density at radius 2 is 2.00 bits per heavy atom. The van der Waals surface area contributed by atoms with Gasteiger partial charge in [-0.05, 0) is 25.0 Å². The molecule has 1 heterocycles. The van der Waals surface area contributed by atoms with Crippen molar-refractivity contribution in [1.82, 2.24) is 4.90 Å². The molecule has 0 aromatic heterocycles. The molecular weight excluding hydrogens is 319 g/mol. The second-order valence-corrected chi connectivity index (χ2v) is 5.45. The molecule has 2 N–H and O–H groups in total. The predicted molar refractivity (Wildman–Crippen MR) is 77.7 cm³/mol. The van der Waals surface area contributed by atoms with Crippen molar-refractivity contribution < 1.29 is 26.7 Å². The fraction of sp³-hybridized carbons (Fsp3) is 0.600. The highest BCUT2D eigenvalue weighted by Crippen LogP contribution is 2.33. The Kier molecular flexibility index (Phi) is 6.91. The summed E-state index contributed by atoms with van der Waals surface area (Å²) in [6, 6.07) is -0.768. The lowest BCUT2D eigenvalue weighted by atomic mass is 9.87. The third-order valence-electron chi connectivity index (χ3n) is 3.66. The maximum Gasteiger partial charge on any atom is 0.401 e. The molecule has 0 bridgehead atoms. The van der Waals surface area contributed by atoms with Crippen LogP contribution in [0.3, 0.4) is 0 Å². The second-order valence-electron chi connectivity index (χ2n) is 5.45. The van der Waals surface area contributed by atoms with Gasteiger partial charge in [-0.3, -0.25) is 4.90 Å². The van der Waals surface area contributed by atoms with E-state index in [1.165, 1.54) is 20.1 Å². The highest BCUT2D eigenvalue weighted by atomic mass is 19.4. The number of alkyl halides is 3. The first-order chi connectivity index (χ1) is 10.6. The van der Waals surface area contributed by atoms with Crippen LogP contribution >= 0.6 is 0 Å². The molecule has 23 heavy (non-hydrogen) atoms. The molecule has 0 aromatic carbocycles. The van der Waals surface area contributed by atoms with Gasteiger partial charge in [0.2, 0.25) is 0 Å². The van der Waals surface area contributed by atoms with Crippen LogP contribution < -0.4 is 5.73 Å². The van der Waals surface area contributed by atoms with Crippen LogP contribution in [-0.4, -0.2) is 43.5 Å². The van der Waals surface area contributed by atoms with Crippen molar-refractivity contribution in [3.8, 4) is 0 Å². The lowest BCUT2D eigenvalue weighted by molar-refractivity contribution is -0.182. The molecule has 3 unspecified atom stereocenters. The van der Waals surface area contributed by atoms with Gasteiger partial charge in [0.1, 0.15) is 6.23 Å². The Hall–Kier alpha value is -1.25. The average molecular weight is 340 g/mol. The van der Waals surface area contributed by atoms with E-state index in [9.17, 15) is 22.0 Å². The van der Waals surface area contributed by atoms with Gasteiger partial charge in [0.25, 0.3) is 0 Å². The monoisotopic (exact) mass is 340 g/mol. The summed E-state index contributed by atoms with van der Waals surface area (Å²) >= 11 is 0. The number of nitrogens with two attached hydrogens (primary N) is 1. The Bertz CT molecular complexity index is 487. The molecule has 1 rings (SSSR count). The van der Waals surface area contributed by atoms with Crippen LogP contribution in [0.25, 0.3) is 0 Å². The van der Waals surface area contributed by atoms with E-state index in [2.05, 4.69) is 6.58 Å². The number of rotatable bonds is 5. The molecule has 0 aliphatic carbocycles. The first-order valence-electron chi connectivity index (χ1n) is 7.07. The van der Waals surface area contributed by atoms with E-state index in [0.717, 1.165) is 11.0 Å². The predicted octanol–water partition coefficient (Wildman–Crippen LogP) is 3.45. The number of allylic oxidation sites excluding steroid dienone is 4. The van der Waals surface area contributed by atoms with Crippen molar-refractivity contribution >= 4 is 0 Å². The van der Waals surface area contributed by atoms with Crippen molar-refractivity contribution in [3.63, 3.8) is 0 Å². The lowest BCUT2D eigenvalue weighted by Gasteiger charge is -2.42. The van der Waals surface area contributed by atoms with Gasteiger partial charge < -0.3 is 10.5 Å². The van der Waals surface area contributed by atoms with Crippen LogP contribution in [0, 0.1) is 5.92 Å². The molecule has 0 saturated carbocycles. The van der Waals surface area contributed by atoms with Gasteiger partial charge in [0, 0.05) is 25.6 Å². The van der Waals surface area contributed by atoms with Crippen LogP contribution in [0.5, 0.6) is 0 Å². The fourth-order valence-electron chi connectivity index (χ4n) is 2.69. The van der Waals surface area contributed by atoms with Crippen molar-refractivity contribution in [3.05, 3.63) is 36.0 Å². The smallest absolute Gasteiger partial charge is 0.365 e. The minimum absolute atomic E-state index is 0.155. The molecule has 0 aromatic rings. The van der Waals surface area contributed by atoms with E-state index in [0.29, 0.717) is 0 Å². The summed E-state index contributed by atoms with van der Waals surface area (Å²) in [5.74, 6) is -3.00. The third-order valence-corrected chi connectivity index (χ3v) is 3.66. The van der Waals surface area contributed by atoms with Crippen molar-refractivity contribution in [2.75, 3.05) is 20.2 Å². The minimum Gasteiger partial charge on any atom is -0.365 e. The van der Waals surface area contributed by atoms with Gasteiger partial charge in [-0.1, -0.05) is 12.7 Å². The maximum atomic E-state index is 14.0. The molecule has 3 nitrogen and oxygen atoms in total. The third kappa shape index (κ3) is 5.40. The van der Waals surface area contributed by atoms with Crippen molar-refractivity contribution in [2.24, 2.45) is 11.7 Å². The molecular formula is C15H21F5N2O. The number of methoxy groups -OCH3 is 1. The van der Waals surface area contributed by atoms with E-state index < -0.39 is 42.6 Å². The van der Waals surface area contributed by atoms with E-state index in [1.54, 1.807) is 0 Å². The quantitative estimate of drug-likeness (QED) is 0.615. The van der Waals surface area contributed by atoms with Gasteiger partial charge >= 0.3 is 6.18 Å². The van der Waals surface area contributed by atoms with E-state index >= 15 is 0 Å². The molecule has 1 fully saturated rings. The lowest BCUT2D eigenvalue weighted by Crippen LogP contribution is -2.58. The van der Waals surface area contributed by atoms with Crippen molar-refractivity contribution in [1.29, 1.82) is 0 Å². The first-order valence-corrected chi connectivity index (χ1v) is 7.07. The molecule has 0 amide bonds. The standard InChI is InChI=1S/C15H21F5N2O/c1-4-5-11(16)13(17)9(2)10-6-12(21)14(23-3)22(7-10)8-15(18,19)20/h4-5,10,12,14H,2,6-8,21H2,1,3H3. The van der Waals surface area contributed by atoms with Gasteiger partial charge in [-0.2, -0.15) is 13.2 Å². The van der Waals surface area contributed by atoms with E-state index in [-0.39, 0.29) is 18.5 Å². The SMILES string of the molecule is C=C(C(F)=C(F)C=CC)C1CC(N)C(OC)N(CC(F)(F)F)C1. The Labute approximate surface area is 132 Å². The summed E-state index contributed by atoms with van der Waals surface area (Å²) in [5.41, 5.74) is 5.64. The number of ether oxygens (including phenoxy) is 1. The van der Waals surface area contributed by atoms with Crippen LogP contribution in [0.1, 0.15) is 13.3 Å². The summed E-state index contributed by atoms with van der Waals surface area (Å²) in [6.45, 7) is 3.59. The van der Waals surface area contributed by atoms with Crippen LogP contribution in [0.2, 0.25) is 0 Å². The summed E-state index contributed by atoms with van der Waals surface area (Å²) in [5, 5.41) is 0. The number of nitrogens with zero attached hydrogens (tertiary/aromatic N) is 1. The van der Waals surface area contributed by atoms with Gasteiger partial charge in [-0.25, -0.2) is 8.78 Å². The fourth-order valence-corrected chi connectivity index (χ4v) is 2.69. The molecule has 0 radical (unpaired) electrons.